The maximum Gasteiger partial charge on any atom is 0.335 e. The monoisotopic (exact) mass is 337 g/mol. The smallest absolute Gasteiger partial charge is 0.335 e. The molecular formula is C15H19N3O4S. The van der Waals surface area contributed by atoms with Crippen LogP contribution in [0.1, 0.15) is 41.6 Å². The molecule has 1 aliphatic heterocycles. The number of hydrogen-bond acceptors (Lipinski definition) is 5. The summed E-state index contributed by atoms with van der Waals surface area (Å²) in [4.78, 5) is 41.3. The number of nitrogens with zero attached hydrogens (tertiary/aromatic N) is 2. The van der Waals surface area contributed by atoms with Gasteiger partial charge in [-0.15, -0.1) is 11.8 Å². The summed E-state index contributed by atoms with van der Waals surface area (Å²) in [5.41, 5.74) is -0.368. The average Bonchev–Trinajstić information content (AvgIpc) is 2.94. The maximum atomic E-state index is 12.6. The number of thioether (sulfide) groups is 1. The molecule has 0 bridgehead atoms. The zero-order valence-corrected chi connectivity index (χ0v) is 14.0. The molecule has 1 fully saturated rings. The summed E-state index contributed by atoms with van der Waals surface area (Å²) in [6, 6.07) is 1.97. The van der Waals surface area contributed by atoms with Crippen LogP contribution >= 0.6 is 11.8 Å². The second-order valence-electron chi connectivity index (χ2n) is 6.26. The van der Waals surface area contributed by atoms with E-state index in [2.05, 4.69) is 10.3 Å². The summed E-state index contributed by atoms with van der Waals surface area (Å²) in [5, 5.41) is 11.9. The van der Waals surface area contributed by atoms with E-state index in [1.807, 2.05) is 20.8 Å². The molecule has 124 valence electrons. The number of nitrogens with one attached hydrogen (secondary N) is 1. The van der Waals surface area contributed by atoms with Crippen molar-refractivity contribution in [1.82, 2.24) is 15.2 Å². The third kappa shape index (κ3) is 4.22. The van der Waals surface area contributed by atoms with Crippen molar-refractivity contribution < 1.29 is 19.5 Å². The number of carboxylic acid groups (broad SMARTS) is 1. The van der Waals surface area contributed by atoms with Crippen LogP contribution in [0.25, 0.3) is 0 Å². The van der Waals surface area contributed by atoms with E-state index in [-0.39, 0.29) is 22.7 Å². The SMILES string of the molecule is CC(C)(C)NC(=O)C1CSCN1C(=O)c1cc(C(=O)O)ccn1. The van der Waals surface area contributed by atoms with Crippen molar-refractivity contribution in [2.75, 3.05) is 11.6 Å². The van der Waals surface area contributed by atoms with E-state index in [0.29, 0.717) is 11.6 Å². The number of amides is 2. The summed E-state index contributed by atoms with van der Waals surface area (Å²) in [7, 11) is 0. The van der Waals surface area contributed by atoms with Gasteiger partial charge in [-0.1, -0.05) is 0 Å². The molecule has 0 aliphatic carbocycles. The largest absolute Gasteiger partial charge is 0.478 e. The average molecular weight is 337 g/mol. The van der Waals surface area contributed by atoms with Crippen LogP contribution in [0.5, 0.6) is 0 Å². The van der Waals surface area contributed by atoms with Crippen LogP contribution in [0.4, 0.5) is 0 Å². The molecule has 2 heterocycles. The minimum Gasteiger partial charge on any atom is -0.478 e. The first-order valence-corrected chi connectivity index (χ1v) is 8.24. The normalized spacial score (nSPS) is 17.9. The lowest BCUT2D eigenvalue weighted by Crippen LogP contribution is -2.52. The van der Waals surface area contributed by atoms with Gasteiger partial charge < -0.3 is 15.3 Å². The van der Waals surface area contributed by atoms with Gasteiger partial charge in [0.15, 0.2) is 0 Å². The van der Waals surface area contributed by atoms with E-state index in [1.165, 1.54) is 35.0 Å². The van der Waals surface area contributed by atoms with E-state index in [0.717, 1.165) is 0 Å². The van der Waals surface area contributed by atoms with Crippen molar-refractivity contribution in [3.8, 4) is 0 Å². The fourth-order valence-corrected chi connectivity index (χ4v) is 3.29. The van der Waals surface area contributed by atoms with Gasteiger partial charge in [0.25, 0.3) is 5.91 Å². The van der Waals surface area contributed by atoms with Crippen LogP contribution in [0.15, 0.2) is 18.3 Å². The van der Waals surface area contributed by atoms with Gasteiger partial charge >= 0.3 is 5.97 Å². The van der Waals surface area contributed by atoms with E-state index in [9.17, 15) is 14.4 Å². The van der Waals surface area contributed by atoms with Crippen molar-refractivity contribution in [1.29, 1.82) is 0 Å². The lowest BCUT2D eigenvalue weighted by Gasteiger charge is -2.27. The highest BCUT2D eigenvalue weighted by Gasteiger charge is 2.36. The Morgan fingerprint density at radius 1 is 1.39 bits per heavy atom. The summed E-state index contributed by atoms with van der Waals surface area (Å²) in [6.07, 6.45) is 1.28. The molecule has 1 unspecified atom stereocenters. The van der Waals surface area contributed by atoms with Crippen LogP contribution in [-0.4, -0.2) is 56.0 Å². The van der Waals surface area contributed by atoms with E-state index in [1.54, 1.807) is 0 Å². The Balaban J connectivity index is 2.19. The van der Waals surface area contributed by atoms with Gasteiger partial charge in [-0.2, -0.15) is 0 Å². The zero-order valence-electron chi connectivity index (χ0n) is 13.2. The number of rotatable bonds is 3. The number of aromatic nitrogens is 1. The van der Waals surface area contributed by atoms with E-state index in [4.69, 9.17) is 5.11 Å². The standard InChI is InChI=1S/C15H19N3O4S/c1-15(2,3)17-12(19)11-7-23-8-18(11)13(20)10-6-9(14(21)22)4-5-16-10/h4-6,11H,7-8H2,1-3H3,(H,17,19)(H,21,22). The van der Waals surface area contributed by atoms with Gasteiger partial charge in [-0.3, -0.25) is 14.6 Å². The fourth-order valence-electron chi connectivity index (χ4n) is 2.14. The fraction of sp³-hybridized carbons (Fsp3) is 0.467. The molecule has 1 aliphatic rings. The van der Waals surface area contributed by atoms with Crippen molar-refractivity contribution >= 4 is 29.5 Å². The molecule has 0 spiro atoms. The van der Waals surface area contributed by atoms with Crippen LogP contribution in [0.3, 0.4) is 0 Å². The summed E-state index contributed by atoms with van der Waals surface area (Å²) < 4.78 is 0. The van der Waals surface area contributed by atoms with Crippen molar-refractivity contribution in [2.24, 2.45) is 0 Å². The zero-order chi connectivity index (χ0) is 17.2. The van der Waals surface area contributed by atoms with Crippen molar-refractivity contribution in [3.63, 3.8) is 0 Å². The van der Waals surface area contributed by atoms with Gasteiger partial charge in [-0.25, -0.2) is 4.79 Å². The highest BCUT2D eigenvalue weighted by Crippen LogP contribution is 2.23. The summed E-state index contributed by atoms with van der Waals surface area (Å²) in [5.74, 6) is -0.900. The lowest BCUT2D eigenvalue weighted by atomic mass is 10.1. The number of carbonyl (C=O) groups excluding carboxylic acids is 2. The third-order valence-electron chi connectivity index (χ3n) is 3.17. The molecule has 0 radical (unpaired) electrons. The minimum atomic E-state index is -1.13. The van der Waals surface area contributed by atoms with E-state index >= 15 is 0 Å². The van der Waals surface area contributed by atoms with Crippen molar-refractivity contribution in [2.45, 2.75) is 32.4 Å². The number of pyridine rings is 1. The van der Waals surface area contributed by atoms with Crippen LogP contribution in [0.2, 0.25) is 0 Å². The van der Waals surface area contributed by atoms with Gasteiger partial charge in [0, 0.05) is 17.5 Å². The molecule has 2 rings (SSSR count). The molecule has 1 aromatic heterocycles. The molecule has 8 heteroatoms. The number of aromatic carboxylic acids is 1. The Hall–Kier alpha value is -2.09. The number of hydrogen-bond donors (Lipinski definition) is 2. The maximum absolute atomic E-state index is 12.6. The van der Waals surface area contributed by atoms with Gasteiger partial charge in [0.05, 0.1) is 11.4 Å². The molecule has 1 atom stereocenters. The molecule has 0 aromatic carbocycles. The third-order valence-corrected chi connectivity index (χ3v) is 4.18. The summed E-state index contributed by atoms with van der Waals surface area (Å²) >= 11 is 1.48. The Labute approximate surface area is 138 Å². The molecule has 23 heavy (non-hydrogen) atoms. The predicted molar refractivity (Wildman–Crippen MR) is 86.4 cm³/mol. The topological polar surface area (TPSA) is 99.6 Å². The molecule has 2 amide bonds. The second kappa shape index (κ2) is 6.57. The first-order valence-electron chi connectivity index (χ1n) is 7.09. The van der Waals surface area contributed by atoms with Crippen LogP contribution in [0, 0.1) is 0 Å². The molecule has 0 saturated carbocycles. The quantitative estimate of drug-likeness (QED) is 0.860. The molecule has 1 aromatic rings. The highest BCUT2D eigenvalue weighted by atomic mass is 32.2. The van der Waals surface area contributed by atoms with Gasteiger partial charge in [-0.05, 0) is 32.9 Å². The van der Waals surface area contributed by atoms with Crippen LogP contribution < -0.4 is 5.32 Å². The second-order valence-corrected chi connectivity index (χ2v) is 7.26. The summed E-state index contributed by atoms with van der Waals surface area (Å²) in [6.45, 7) is 5.62. The number of carboxylic acids is 1. The lowest BCUT2D eigenvalue weighted by molar-refractivity contribution is -0.125. The van der Waals surface area contributed by atoms with Gasteiger partial charge in [0.2, 0.25) is 5.91 Å². The Bertz CT molecular complexity index is 642. The highest BCUT2D eigenvalue weighted by molar-refractivity contribution is 7.99. The Morgan fingerprint density at radius 2 is 2.09 bits per heavy atom. The van der Waals surface area contributed by atoms with Gasteiger partial charge in [0.1, 0.15) is 11.7 Å². The molecule has 1 saturated heterocycles. The minimum absolute atomic E-state index is 0.00843. The Kier molecular flexibility index (Phi) is 4.93. The van der Waals surface area contributed by atoms with Crippen molar-refractivity contribution in [3.05, 3.63) is 29.6 Å². The van der Waals surface area contributed by atoms with E-state index < -0.39 is 17.9 Å². The first-order chi connectivity index (χ1) is 10.7. The first kappa shape index (κ1) is 17.3. The molecule has 7 nitrogen and oxygen atoms in total. The van der Waals surface area contributed by atoms with Crippen LogP contribution in [-0.2, 0) is 4.79 Å². The number of carbonyl (C=O) groups is 3. The molecule has 2 N–H and O–H groups in total. The Morgan fingerprint density at radius 3 is 2.70 bits per heavy atom. The predicted octanol–water partition coefficient (Wildman–Crippen LogP) is 1.21. The molecular weight excluding hydrogens is 318 g/mol.